The van der Waals surface area contributed by atoms with E-state index in [1.807, 2.05) is 53.2 Å². The molecule has 0 spiro atoms. The Labute approximate surface area is 199 Å². The van der Waals surface area contributed by atoms with E-state index in [1.165, 1.54) is 22.5 Å². The van der Waals surface area contributed by atoms with E-state index >= 15 is 0 Å². The number of hydrogen-bond acceptors (Lipinski definition) is 3. The summed E-state index contributed by atoms with van der Waals surface area (Å²) < 4.78 is 29.8. The number of benzene rings is 2. The average Bonchev–Trinajstić information content (AvgIpc) is 3.11. The Balaban J connectivity index is 1.66. The third-order valence-electron chi connectivity index (χ3n) is 5.69. The quantitative estimate of drug-likeness (QED) is 0.536. The van der Waals surface area contributed by atoms with Gasteiger partial charge in [0.05, 0.1) is 5.02 Å². The van der Waals surface area contributed by atoms with E-state index in [-0.39, 0.29) is 15.5 Å². The molecule has 0 radical (unpaired) electrons. The van der Waals surface area contributed by atoms with Crippen molar-refractivity contribution < 1.29 is 13.2 Å². The van der Waals surface area contributed by atoms with Crippen LogP contribution < -0.4 is 5.49 Å². The average molecular weight is 484 g/mol. The van der Waals surface area contributed by atoms with Gasteiger partial charge in [-0.1, -0.05) is 60.8 Å². The largest absolute Gasteiger partial charge is 0.328 e. The number of hydrogen-bond donors (Lipinski definition) is 0. The third kappa shape index (κ3) is 5.61. The minimum absolute atomic E-state index is 0.0441. The van der Waals surface area contributed by atoms with Crippen molar-refractivity contribution in [2.75, 3.05) is 13.1 Å². The maximum atomic E-state index is 13.2. The van der Waals surface area contributed by atoms with Crippen molar-refractivity contribution in [1.82, 2.24) is 8.87 Å². The summed E-state index contributed by atoms with van der Waals surface area (Å²) in [6.45, 7) is 1.48. The van der Waals surface area contributed by atoms with Gasteiger partial charge >= 0.3 is 0 Å². The lowest BCUT2D eigenvalue weighted by Crippen LogP contribution is -2.32. The Kier molecular flexibility index (Phi) is 7.42. The highest BCUT2D eigenvalue weighted by Gasteiger charge is 2.28. The van der Waals surface area contributed by atoms with E-state index in [0.717, 1.165) is 31.2 Å². The number of amides is 1. The molecule has 0 atom stereocenters. The number of carbonyl (C=O) groups is 1. The Morgan fingerprint density at radius 3 is 2.33 bits per heavy atom. The number of sulfonamides is 1. The summed E-state index contributed by atoms with van der Waals surface area (Å²) in [6, 6.07) is 19.6. The van der Waals surface area contributed by atoms with Crippen molar-refractivity contribution in [3.05, 3.63) is 94.6 Å². The molecule has 1 fully saturated rings. The van der Waals surface area contributed by atoms with Gasteiger partial charge in [-0.15, -0.1) is 0 Å². The Morgan fingerprint density at radius 2 is 1.61 bits per heavy atom. The molecule has 0 bridgehead atoms. The number of nitrogens with zero attached hydrogens (tertiary/aromatic N) is 3. The smallest absolute Gasteiger partial charge is 0.278 e. The van der Waals surface area contributed by atoms with Crippen LogP contribution >= 0.6 is 11.6 Å². The van der Waals surface area contributed by atoms with Gasteiger partial charge in [0.2, 0.25) is 10.0 Å². The normalized spacial score (nSPS) is 15.8. The zero-order chi connectivity index (χ0) is 23.3. The second-order valence-corrected chi connectivity index (χ2v) is 10.4. The fourth-order valence-corrected chi connectivity index (χ4v) is 5.92. The molecule has 0 unspecified atom stereocenters. The van der Waals surface area contributed by atoms with Crippen LogP contribution in [0.15, 0.2) is 82.8 Å². The van der Waals surface area contributed by atoms with Gasteiger partial charge in [-0.3, -0.25) is 4.79 Å². The summed E-state index contributed by atoms with van der Waals surface area (Å²) in [6.07, 6.45) is 5.52. The second-order valence-electron chi connectivity index (χ2n) is 8.05. The molecular weight excluding hydrogens is 458 g/mol. The minimum Gasteiger partial charge on any atom is -0.328 e. The molecule has 0 aliphatic carbocycles. The predicted octanol–water partition coefficient (Wildman–Crippen LogP) is 4.50. The van der Waals surface area contributed by atoms with E-state index in [4.69, 9.17) is 11.6 Å². The first-order valence-electron chi connectivity index (χ1n) is 11.0. The van der Waals surface area contributed by atoms with Gasteiger partial charge in [-0.05, 0) is 48.7 Å². The zero-order valence-corrected chi connectivity index (χ0v) is 19.8. The first-order chi connectivity index (χ1) is 15.9. The summed E-state index contributed by atoms with van der Waals surface area (Å²) in [5.74, 6) is -0.521. The summed E-state index contributed by atoms with van der Waals surface area (Å²) in [7, 11) is -3.79. The van der Waals surface area contributed by atoms with Crippen molar-refractivity contribution in [2.24, 2.45) is 4.99 Å². The van der Waals surface area contributed by atoms with Crippen LogP contribution in [0.2, 0.25) is 5.02 Å². The molecule has 1 aliphatic heterocycles. The highest BCUT2D eigenvalue weighted by atomic mass is 35.5. The number of aromatic nitrogens is 1. The summed E-state index contributed by atoms with van der Waals surface area (Å²) in [4.78, 5) is 17.2. The van der Waals surface area contributed by atoms with Gasteiger partial charge in [-0.2, -0.15) is 9.30 Å². The first-order valence-corrected chi connectivity index (χ1v) is 12.8. The summed E-state index contributed by atoms with van der Waals surface area (Å²) in [5.41, 5.74) is 1.75. The van der Waals surface area contributed by atoms with Crippen molar-refractivity contribution in [2.45, 2.75) is 37.1 Å². The van der Waals surface area contributed by atoms with Gasteiger partial charge in [0, 0.05) is 31.4 Å². The molecule has 2 heterocycles. The van der Waals surface area contributed by atoms with Crippen molar-refractivity contribution in [3.63, 3.8) is 0 Å². The molecule has 1 aliphatic rings. The second kappa shape index (κ2) is 10.5. The maximum absolute atomic E-state index is 13.2. The lowest BCUT2D eigenvalue weighted by molar-refractivity contribution is 0.0997. The molecule has 172 valence electrons. The van der Waals surface area contributed by atoms with Crippen LogP contribution in [-0.4, -0.2) is 36.3 Å². The lowest BCUT2D eigenvalue weighted by atomic mass is 10.2. The van der Waals surface area contributed by atoms with Crippen molar-refractivity contribution >= 4 is 27.5 Å². The molecular formula is C25H26ClN3O3S. The van der Waals surface area contributed by atoms with Crippen LogP contribution in [0.3, 0.4) is 0 Å². The lowest BCUT2D eigenvalue weighted by Gasteiger charge is -2.20. The third-order valence-corrected chi connectivity index (χ3v) is 8.07. The molecule has 3 aromatic rings. The number of rotatable bonds is 5. The molecule has 8 heteroatoms. The summed E-state index contributed by atoms with van der Waals surface area (Å²) in [5, 5.41) is 0.106. The fourth-order valence-electron chi connectivity index (χ4n) is 3.91. The number of carbonyl (C=O) groups excluding carboxylic acids is 1. The molecule has 33 heavy (non-hydrogen) atoms. The minimum atomic E-state index is -3.79. The highest BCUT2D eigenvalue weighted by Crippen LogP contribution is 2.28. The number of pyridine rings is 1. The van der Waals surface area contributed by atoms with Crippen molar-refractivity contribution in [3.8, 4) is 0 Å². The van der Waals surface area contributed by atoms with Crippen molar-refractivity contribution in [1.29, 1.82) is 0 Å². The maximum Gasteiger partial charge on any atom is 0.278 e. The van der Waals surface area contributed by atoms with Gasteiger partial charge in [-0.25, -0.2) is 8.42 Å². The van der Waals surface area contributed by atoms with Crippen LogP contribution in [0.4, 0.5) is 0 Å². The van der Waals surface area contributed by atoms with Crippen LogP contribution in [0.1, 0.15) is 41.6 Å². The first kappa shape index (κ1) is 23.4. The highest BCUT2D eigenvalue weighted by molar-refractivity contribution is 7.89. The van der Waals surface area contributed by atoms with Crippen LogP contribution in [0.5, 0.6) is 0 Å². The van der Waals surface area contributed by atoms with E-state index in [9.17, 15) is 13.2 Å². The van der Waals surface area contributed by atoms with Crippen LogP contribution in [-0.2, 0) is 16.6 Å². The molecule has 1 saturated heterocycles. The van der Waals surface area contributed by atoms with E-state index in [2.05, 4.69) is 4.99 Å². The van der Waals surface area contributed by atoms with E-state index < -0.39 is 15.9 Å². The topological polar surface area (TPSA) is 71.7 Å². The Bertz CT molecular complexity index is 1300. The number of halogens is 1. The van der Waals surface area contributed by atoms with Crippen LogP contribution in [0, 0.1) is 0 Å². The predicted molar refractivity (Wildman–Crippen MR) is 129 cm³/mol. The molecule has 1 aromatic heterocycles. The van der Waals surface area contributed by atoms with Gasteiger partial charge < -0.3 is 4.57 Å². The molecule has 2 aromatic carbocycles. The molecule has 4 rings (SSSR count). The van der Waals surface area contributed by atoms with E-state index in [0.29, 0.717) is 25.1 Å². The summed E-state index contributed by atoms with van der Waals surface area (Å²) >= 11 is 6.27. The van der Waals surface area contributed by atoms with E-state index in [1.54, 1.807) is 6.07 Å². The molecule has 6 nitrogen and oxygen atoms in total. The van der Waals surface area contributed by atoms with Crippen LogP contribution in [0.25, 0.3) is 0 Å². The fraction of sp³-hybridized carbons (Fsp3) is 0.280. The Morgan fingerprint density at radius 1 is 0.909 bits per heavy atom. The Hall–Kier alpha value is -2.74. The van der Waals surface area contributed by atoms with Gasteiger partial charge in [0.1, 0.15) is 10.4 Å². The SMILES string of the molecule is O=C(N=c1ccccn1Cc1ccccc1)c1ccc(Cl)c(S(=O)(=O)N2CCCCCC2)c1. The zero-order valence-electron chi connectivity index (χ0n) is 18.2. The van der Waals surface area contributed by atoms with Gasteiger partial charge in [0.25, 0.3) is 5.91 Å². The standard InChI is InChI=1S/C25H26ClN3O3S/c26-22-14-13-21(18-23(22)33(31,32)29-16-7-1-2-8-17-29)25(30)27-24-12-6-9-15-28(24)19-20-10-4-3-5-11-20/h3-6,9-15,18H,1-2,7-8,16-17,19H2. The molecule has 1 amide bonds. The molecule has 0 N–H and O–H groups in total. The molecule has 0 saturated carbocycles. The monoisotopic (exact) mass is 483 g/mol. The van der Waals surface area contributed by atoms with Gasteiger partial charge in [0.15, 0.2) is 0 Å².